The number of aromatic nitrogens is 1. The van der Waals surface area contributed by atoms with Gasteiger partial charge in [0.15, 0.2) is 0 Å². The van der Waals surface area contributed by atoms with Crippen molar-refractivity contribution in [2.45, 2.75) is 13.0 Å². The van der Waals surface area contributed by atoms with Gasteiger partial charge in [0.05, 0.1) is 0 Å². The van der Waals surface area contributed by atoms with Gasteiger partial charge in [0.25, 0.3) is 0 Å². The lowest BCUT2D eigenvalue weighted by atomic mass is 10.2. The molecule has 78 valence electrons. The SMILES string of the molecule is C[C@@H]1CN(c2cccc(C#N)n2)CCN1. The van der Waals surface area contributed by atoms with Crippen LogP contribution in [0.4, 0.5) is 5.82 Å². The zero-order chi connectivity index (χ0) is 10.7. The maximum absolute atomic E-state index is 8.77. The van der Waals surface area contributed by atoms with Crippen LogP contribution in [-0.2, 0) is 0 Å². The third kappa shape index (κ3) is 2.25. The molecule has 4 heteroatoms. The number of hydrogen-bond acceptors (Lipinski definition) is 4. The van der Waals surface area contributed by atoms with Crippen LogP contribution in [0.15, 0.2) is 18.2 Å². The third-order valence-electron chi connectivity index (χ3n) is 2.54. The molecule has 1 saturated heterocycles. The van der Waals surface area contributed by atoms with Crippen molar-refractivity contribution in [3.05, 3.63) is 23.9 Å². The minimum atomic E-state index is 0.478. The molecule has 2 rings (SSSR count). The monoisotopic (exact) mass is 202 g/mol. The molecule has 1 aromatic rings. The number of nitriles is 1. The Labute approximate surface area is 89.5 Å². The molecule has 1 N–H and O–H groups in total. The first-order chi connectivity index (χ1) is 7.29. The summed E-state index contributed by atoms with van der Waals surface area (Å²) in [6.07, 6.45) is 0. The molecule has 1 atom stereocenters. The molecular weight excluding hydrogens is 188 g/mol. The fourth-order valence-corrected chi connectivity index (χ4v) is 1.80. The molecule has 0 amide bonds. The van der Waals surface area contributed by atoms with Crippen molar-refractivity contribution in [3.8, 4) is 6.07 Å². The van der Waals surface area contributed by atoms with Gasteiger partial charge in [0.2, 0.25) is 0 Å². The predicted octanol–water partition coefficient (Wildman–Crippen LogP) is 0.751. The van der Waals surface area contributed by atoms with Crippen LogP contribution in [0.1, 0.15) is 12.6 Å². The summed E-state index contributed by atoms with van der Waals surface area (Å²) in [4.78, 5) is 6.50. The maximum Gasteiger partial charge on any atom is 0.142 e. The van der Waals surface area contributed by atoms with Crippen molar-refractivity contribution in [1.29, 1.82) is 5.26 Å². The smallest absolute Gasteiger partial charge is 0.142 e. The molecule has 0 radical (unpaired) electrons. The molecule has 0 bridgehead atoms. The summed E-state index contributed by atoms with van der Waals surface area (Å²) in [7, 11) is 0. The van der Waals surface area contributed by atoms with E-state index in [2.05, 4.69) is 28.2 Å². The summed E-state index contributed by atoms with van der Waals surface area (Å²) in [5, 5.41) is 12.1. The number of piperazine rings is 1. The van der Waals surface area contributed by atoms with E-state index in [-0.39, 0.29) is 0 Å². The second-order valence-corrected chi connectivity index (χ2v) is 3.79. The van der Waals surface area contributed by atoms with E-state index in [1.807, 2.05) is 12.1 Å². The second kappa shape index (κ2) is 4.28. The Morgan fingerprint density at radius 2 is 2.47 bits per heavy atom. The van der Waals surface area contributed by atoms with Crippen LogP contribution in [0.25, 0.3) is 0 Å². The number of nitrogens with one attached hydrogen (secondary N) is 1. The van der Waals surface area contributed by atoms with Gasteiger partial charge in [-0.1, -0.05) is 6.07 Å². The van der Waals surface area contributed by atoms with Crippen LogP contribution >= 0.6 is 0 Å². The molecular formula is C11H14N4. The molecule has 2 heterocycles. The van der Waals surface area contributed by atoms with Crippen molar-refractivity contribution in [2.24, 2.45) is 0 Å². The standard InChI is InChI=1S/C11H14N4/c1-9-8-15(6-5-13-9)11-4-2-3-10(7-12)14-11/h2-4,9,13H,5-6,8H2,1H3/t9-/m1/s1. The Kier molecular flexibility index (Phi) is 2.84. The molecule has 0 aromatic carbocycles. The molecule has 0 saturated carbocycles. The molecule has 0 spiro atoms. The highest BCUT2D eigenvalue weighted by atomic mass is 15.2. The Morgan fingerprint density at radius 1 is 1.60 bits per heavy atom. The van der Waals surface area contributed by atoms with Gasteiger partial charge in [-0.3, -0.25) is 0 Å². The number of rotatable bonds is 1. The molecule has 4 nitrogen and oxygen atoms in total. The maximum atomic E-state index is 8.77. The van der Waals surface area contributed by atoms with Crippen LogP contribution in [0.2, 0.25) is 0 Å². The van der Waals surface area contributed by atoms with Crippen molar-refractivity contribution < 1.29 is 0 Å². The normalized spacial score (nSPS) is 21.1. The van der Waals surface area contributed by atoms with E-state index >= 15 is 0 Å². The number of anilines is 1. The van der Waals surface area contributed by atoms with Gasteiger partial charge in [-0.05, 0) is 19.1 Å². The van der Waals surface area contributed by atoms with Gasteiger partial charge >= 0.3 is 0 Å². The fourth-order valence-electron chi connectivity index (χ4n) is 1.80. The molecule has 1 fully saturated rings. The Morgan fingerprint density at radius 3 is 3.20 bits per heavy atom. The summed E-state index contributed by atoms with van der Waals surface area (Å²) < 4.78 is 0. The first kappa shape index (κ1) is 9.94. The van der Waals surface area contributed by atoms with Crippen LogP contribution < -0.4 is 10.2 Å². The summed E-state index contributed by atoms with van der Waals surface area (Å²) in [5.74, 6) is 0.905. The van der Waals surface area contributed by atoms with Crippen LogP contribution in [0, 0.1) is 11.3 Å². The molecule has 0 aliphatic carbocycles. The lowest BCUT2D eigenvalue weighted by Crippen LogP contribution is -2.49. The van der Waals surface area contributed by atoms with E-state index < -0.39 is 0 Å². The molecule has 1 aliphatic heterocycles. The minimum Gasteiger partial charge on any atom is -0.354 e. The number of nitrogens with zero attached hydrogens (tertiary/aromatic N) is 3. The van der Waals surface area contributed by atoms with E-state index in [9.17, 15) is 0 Å². The minimum absolute atomic E-state index is 0.478. The van der Waals surface area contributed by atoms with Crippen molar-refractivity contribution in [3.63, 3.8) is 0 Å². The zero-order valence-electron chi connectivity index (χ0n) is 8.77. The van der Waals surface area contributed by atoms with E-state index in [0.29, 0.717) is 11.7 Å². The van der Waals surface area contributed by atoms with E-state index in [4.69, 9.17) is 5.26 Å². The lowest BCUT2D eigenvalue weighted by molar-refractivity contribution is 0.482. The number of pyridine rings is 1. The highest BCUT2D eigenvalue weighted by Gasteiger charge is 2.16. The Balaban J connectivity index is 2.18. The van der Waals surface area contributed by atoms with Crippen molar-refractivity contribution >= 4 is 5.82 Å². The topological polar surface area (TPSA) is 52.0 Å². The molecule has 15 heavy (non-hydrogen) atoms. The van der Waals surface area contributed by atoms with Gasteiger partial charge in [-0.25, -0.2) is 4.98 Å². The van der Waals surface area contributed by atoms with Gasteiger partial charge in [-0.2, -0.15) is 5.26 Å². The first-order valence-electron chi connectivity index (χ1n) is 5.15. The Bertz CT molecular complexity index is 382. The summed E-state index contributed by atoms with van der Waals surface area (Å²) in [6, 6.07) is 8.11. The van der Waals surface area contributed by atoms with E-state index in [1.54, 1.807) is 6.07 Å². The average molecular weight is 202 g/mol. The molecule has 0 unspecified atom stereocenters. The van der Waals surface area contributed by atoms with Crippen LogP contribution in [0.5, 0.6) is 0 Å². The zero-order valence-corrected chi connectivity index (χ0v) is 8.77. The van der Waals surface area contributed by atoms with Gasteiger partial charge in [0, 0.05) is 25.7 Å². The predicted molar refractivity (Wildman–Crippen MR) is 58.6 cm³/mol. The highest BCUT2D eigenvalue weighted by molar-refractivity contribution is 5.42. The summed E-state index contributed by atoms with van der Waals surface area (Å²) in [5.41, 5.74) is 0.485. The quantitative estimate of drug-likeness (QED) is 0.730. The molecule has 1 aromatic heterocycles. The fraction of sp³-hybridized carbons (Fsp3) is 0.455. The summed E-state index contributed by atoms with van der Waals surface area (Å²) >= 11 is 0. The van der Waals surface area contributed by atoms with Gasteiger partial charge in [0.1, 0.15) is 17.6 Å². The van der Waals surface area contributed by atoms with Crippen LogP contribution in [-0.4, -0.2) is 30.7 Å². The molecule has 1 aliphatic rings. The second-order valence-electron chi connectivity index (χ2n) is 3.79. The van der Waals surface area contributed by atoms with Gasteiger partial charge < -0.3 is 10.2 Å². The van der Waals surface area contributed by atoms with Crippen molar-refractivity contribution in [2.75, 3.05) is 24.5 Å². The summed E-state index contributed by atoms with van der Waals surface area (Å²) in [6.45, 7) is 5.02. The van der Waals surface area contributed by atoms with Crippen LogP contribution in [0.3, 0.4) is 0 Å². The Hall–Kier alpha value is -1.60. The largest absolute Gasteiger partial charge is 0.354 e. The van der Waals surface area contributed by atoms with Gasteiger partial charge in [-0.15, -0.1) is 0 Å². The van der Waals surface area contributed by atoms with Crippen molar-refractivity contribution in [1.82, 2.24) is 10.3 Å². The average Bonchev–Trinajstić information content (AvgIpc) is 2.29. The number of hydrogen-bond donors (Lipinski definition) is 1. The third-order valence-corrected chi connectivity index (χ3v) is 2.54. The highest BCUT2D eigenvalue weighted by Crippen LogP contribution is 2.13. The lowest BCUT2D eigenvalue weighted by Gasteiger charge is -2.32. The van der Waals surface area contributed by atoms with E-state index in [0.717, 1.165) is 25.5 Å². The first-order valence-corrected chi connectivity index (χ1v) is 5.15. The van der Waals surface area contributed by atoms with E-state index in [1.165, 1.54) is 0 Å².